The van der Waals surface area contributed by atoms with E-state index in [0.717, 1.165) is 0 Å². The van der Waals surface area contributed by atoms with E-state index in [1.54, 1.807) is 30.3 Å². The summed E-state index contributed by atoms with van der Waals surface area (Å²) in [6.07, 6.45) is -4.72. The van der Waals surface area contributed by atoms with Crippen LogP contribution in [0.1, 0.15) is 32.3 Å². The predicted molar refractivity (Wildman–Crippen MR) is 128 cm³/mol. The van der Waals surface area contributed by atoms with Crippen molar-refractivity contribution >= 4 is 23.6 Å². The van der Waals surface area contributed by atoms with Gasteiger partial charge in [0.15, 0.2) is 0 Å². The quantitative estimate of drug-likeness (QED) is 0.464. The Kier molecular flexibility index (Phi) is 7.41. The molecular formula is C26H30F3N5O4. The summed E-state index contributed by atoms with van der Waals surface area (Å²) in [5, 5.41) is 16.8. The molecule has 6 atom stereocenters. The van der Waals surface area contributed by atoms with Gasteiger partial charge in [0, 0.05) is 25.4 Å². The maximum Gasteiger partial charge on any atom is 0.471 e. The molecule has 1 saturated carbocycles. The Bertz CT molecular complexity index is 1150. The number of amides is 4. The zero-order valence-corrected chi connectivity index (χ0v) is 21.0. The van der Waals surface area contributed by atoms with Crippen LogP contribution in [0.3, 0.4) is 0 Å². The number of nitrogens with zero attached hydrogens (tertiary/aromatic N) is 2. The largest absolute Gasteiger partial charge is 0.471 e. The first-order chi connectivity index (χ1) is 17.8. The number of hydrogen-bond acceptors (Lipinski definition) is 5. The molecule has 3 aliphatic rings. The van der Waals surface area contributed by atoms with Crippen LogP contribution in [0.4, 0.5) is 13.2 Å². The van der Waals surface area contributed by atoms with E-state index in [2.05, 4.69) is 10.6 Å². The van der Waals surface area contributed by atoms with E-state index in [-0.39, 0.29) is 42.5 Å². The van der Waals surface area contributed by atoms with Gasteiger partial charge in [-0.2, -0.15) is 18.4 Å². The lowest BCUT2D eigenvalue weighted by atomic mass is 9.96. The number of fused-ring (bicyclic) bond motifs is 1. The van der Waals surface area contributed by atoms with Gasteiger partial charge >= 0.3 is 12.1 Å². The third-order valence-corrected chi connectivity index (χ3v) is 8.06. The Morgan fingerprint density at radius 3 is 2.47 bits per heavy atom. The summed E-state index contributed by atoms with van der Waals surface area (Å²) in [6.45, 7) is 4.53. The average molecular weight is 534 g/mol. The highest BCUT2D eigenvalue weighted by Crippen LogP contribution is 2.64. The Morgan fingerprint density at radius 2 is 1.89 bits per heavy atom. The number of halogens is 3. The molecule has 0 bridgehead atoms. The van der Waals surface area contributed by atoms with Crippen molar-refractivity contribution in [2.75, 3.05) is 13.1 Å². The van der Waals surface area contributed by atoms with Crippen LogP contribution in [0.2, 0.25) is 0 Å². The highest BCUT2D eigenvalue weighted by Gasteiger charge is 2.69. The van der Waals surface area contributed by atoms with Crippen molar-refractivity contribution in [1.82, 2.24) is 20.9 Å². The van der Waals surface area contributed by atoms with Gasteiger partial charge in [-0.1, -0.05) is 44.2 Å². The lowest BCUT2D eigenvalue weighted by molar-refractivity contribution is -0.175. The molecule has 3 unspecified atom stereocenters. The van der Waals surface area contributed by atoms with Crippen molar-refractivity contribution < 1.29 is 32.3 Å². The summed E-state index contributed by atoms with van der Waals surface area (Å²) in [5.74, 6) is -4.55. The summed E-state index contributed by atoms with van der Waals surface area (Å²) < 4.78 is 39.2. The third-order valence-electron chi connectivity index (χ3n) is 8.06. The summed E-state index contributed by atoms with van der Waals surface area (Å²) in [5.41, 5.74) is 0.259. The molecule has 4 rings (SSSR count). The van der Waals surface area contributed by atoms with Crippen molar-refractivity contribution in [3.05, 3.63) is 35.9 Å². The minimum Gasteiger partial charge on any atom is -0.356 e. The number of carbonyl (C=O) groups excluding carboxylic acids is 4. The molecule has 2 heterocycles. The Hall–Kier alpha value is -3.62. The Balaban J connectivity index is 1.54. The van der Waals surface area contributed by atoms with Crippen LogP contribution in [0.15, 0.2) is 30.3 Å². The third kappa shape index (κ3) is 5.47. The first kappa shape index (κ1) is 27.4. The standard InChI is InChI=1S/C26H30F3N5O4/c1-25(2)17-13-34(20(19(17)25)22(36)32-16(12-30)11-15-8-9-31-21(15)35)23(37)18(33-24(38)26(27,28)29)10-14-6-4-3-5-7-14/h3-7,15-20H,8-11,13H2,1-2H3,(H,31,35)(H,32,36)(H,33,38)/t15-,16-,17?,18-,19?,20?/m0/s1. The summed E-state index contributed by atoms with van der Waals surface area (Å²) >= 11 is 0. The van der Waals surface area contributed by atoms with Gasteiger partial charge in [0.25, 0.3) is 0 Å². The average Bonchev–Trinajstić information content (AvgIpc) is 3.21. The fourth-order valence-corrected chi connectivity index (χ4v) is 5.86. The van der Waals surface area contributed by atoms with E-state index in [9.17, 15) is 37.6 Å². The summed E-state index contributed by atoms with van der Waals surface area (Å²) in [6, 6.07) is 6.77. The Labute approximate surface area is 218 Å². The second kappa shape index (κ2) is 10.3. The zero-order chi connectivity index (χ0) is 27.8. The Morgan fingerprint density at radius 1 is 1.21 bits per heavy atom. The number of carbonyl (C=O) groups is 4. The van der Waals surface area contributed by atoms with Crippen molar-refractivity contribution in [1.29, 1.82) is 5.26 Å². The number of hydrogen-bond donors (Lipinski definition) is 3. The lowest BCUT2D eigenvalue weighted by Gasteiger charge is -2.33. The summed E-state index contributed by atoms with van der Waals surface area (Å²) in [4.78, 5) is 52.0. The molecule has 0 spiro atoms. The zero-order valence-electron chi connectivity index (χ0n) is 21.0. The van der Waals surface area contributed by atoms with E-state index >= 15 is 0 Å². The van der Waals surface area contributed by atoms with E-state index in [1.165, 1.54) is 4.90 Å². The highest BCUT2D eigenvalue weighted by molar-refractivity contribution is 5.94. The molecule has 0 radical (unpaired) electrons. The minimum absolute atomic E-state index is 0.0564. The number of nitriles is 1. The molecule has 2 saturated heterocycles. The van der Waals surface area contributed by atoms with E-state index < -0.39 is 47.9 Å². The highest BCUT2D eigenvalue weighted by atomic mass is 19.4. The van der Waals surface area contributed by atoms with Crippen LogP contribution >= 0.6 is 0 Å². The molecule has 3 fully saturated rings. The molecule has 2 aliphatic heterocycles. The topological polar surface area (TPSA) is 131 Å². The van der Waals surface area contributed by atoms with Gasteiger partial charge in [-0.05, 0) is 35.7 Å². The van der Waals surface area contributed by atoms with Crippen molar-refractivity contribution in [2.24, 2.45) is 23.2 Å². The molecular weight excluding hydrogens is 503 g/mol. The van der Waals surface area contributed by atoms with Gasteiger partial charge in [0.2, 0.25) is 17.7 Å². The van der Waals surface area contributed by atoms with Crippen molar-refractivity contribution in [2.45, 2.75) is 57.4 Å². The van der Waals surface area contributed by atoms with Gasteiger partial charge in [0.1, 0.15) is 18.1 Å². The maximum atomic E-state index is 13.6. The number of nitrogens with one attached hydrogen (secondary N) is 3. The van der Waals surface area contributed by atoms with Crippen LogP contribution < -0.4 is 16.0 Å². The van der Waals surface area contributed by atoms with Crippen LogP contribution in [0.5, 0.6) is 0 Å². The molecule has 38 heavy (non-hydrogen) atoms. The van der Waals surface area contributed by atoms with Crippen LogP contribution in [0, 0.1) is 34.5 Å². The SMILES string of the molecule is CC1(C)C2CN(C(=O)[C@H](Cc3ccccc3)NC(=O)C(F)(F)F)C(C(=O)N[C@H](C#N)C[C@@H]3CCNC3=O)C21. The van der Waals surface area contributed by atoms with Crippen LogP contribution in [-0.2, 0) is 25.6 Å². The molecule has 12 heteroatoms. The first-order valence-electron chi connectivity index (χ1n) is 12.5. The fourth-order valence-electron chi connectivity index (χ4n) is 5.86. The van der Waals surface area contributed by atoms with Crippen molar-refractivity contribution in [3.8, 4) is 6.07 Å². The predicted octanol–water partition coefficient (Wildman–Crippen LogP) is 1.29. The number of piperidine rings is 1. The smallest absolute Gasteiger partial charge is 0.356 e. The number of likely N-dealkylation sites (tertiary alicyclic amines) is 1. The normalized spacial score (nSPS) is 26.9. The van der Waals surface area contributed by atoms with Gasteiger partial charge in [-0.15, -0.1) is 0 Å². The van der Waals surface area contributed by atoms with E-state index in [4.69, 9.17) is 0 Å². The van der Waals surface area contributed by atoms with Gasteiger partial charge < -0.3 is 20.9 Å². The molecule has 4 amide bonds. The molecule has 0 aromatic heterocycles. The molecule has 9 nitrogen and oxygen atoms in total. The summed E-state index contributed by atoms with van der Waals surface area (Å²) in [7, 11) is 0. The molecule has 3 N–H and O–H groups in total. The van der Waals surface area contributed by atoms with E-state index in [1.807, 2.05) is 25.2 Å². The first-order valence-corrected chi connectivity index (χ1v) is 12.5. The molecule has 204 valence electrons. The second-order valence-corrected chi connectivity index (χ2v) is 10.8. The molecule has 1 aromatic carbocycles. The van der Waals surface area contributed by atoms with Gasteiger partial charge in [-0.25, -0.2) is 0 Å². The molecule has 1 aliphatic carbocycles. The van der Waals surface area contributed by atoms with Crippen LogP contribution in [-0.4, -0.2) is 65.9 Å². The number of rotatable bonds is 8. The van der Waals surface area contributed by atoms with E-state index in [0.29, 0.717) is 18.5 Å². The number of alkyl halides is 3. The van der Waals surface area contributed by atoms with Crippen molar-refractivity contribution in [3.63, 3.8) is 0 Å². The fraction of sp³-hybridized carbons (Fsp3) is 0.577. The van der Waals surface area contributed by atoms with Gasteiger partial charge in [0.05, 0.1) is 6.07 Å². The lowest BCUT2D eigenvalue weighted by Crippen LogP contribution is -2.58. The molecule has 1 aromatic rings. The second-order valence-electron chi connectivity index (χ2n) is 10.8. The van der Waals surface area contributed by atoms with Crippen LogP contribution in [0.25, 0.3) is 0 Å². The maximum absolute atomic E-state index is 13.6. The minimum atomic E-state index is -5.19. The van der Waals surface area contributed by atoms with Gasteiger partial charge in [-0.3, -0.25) is 19.2 Å². The monoisotopic (exact) mass is 533 g/mol. The number of benzene rings is 1.